The lowest BCUT2D eigenvalue weighted by atomic mass is 9.94. The van der Waals surface area contributed by atoms with Crippen LogP contribution in [-0.2, 0) is 9.47 Å². The number of rotatable bonds is 5. The average Bonchev–Trinajstić information content (AvgIpc) is 2.59. The van der Waals surface area contributed by atoms with Gasteiger partial charge in [-0.25, -0.2) is 0 Å². The lowest BCUT2D eigenvalue weighted by Gasteiger charge is -2.42. The summed E-state index contributed by atoms with van der Waals surface area (Å²) in [7, 11) is 1.35. The van der Waals surface area contributed by atoms with E-state index in [-0.39, 0.29) is 0 Å². The van der Waals surface area contributed by atoms with Crippen LogP contribution in [-0.4, -0.2) is 60.4 Å². The number of nitrogens with zero attached hydrogens (tertiary/aromatic N) is 3. The van der Waals surface area contributed by atoms with E-state index in [0.717, 1.165) is 0 Å². The van der Waals surface area contributed by atoms with Gasteiger partial charge in [-0.3, -0.25) is 4.79 Å². The molecule has 0 aliphatic carbocycles. The number of amides is 1. The Bertz CT molecular complexity index is 578. The number of azide groups is 1. The quantitative estimate of drug-likeness (QED) is 0.404. The first-order chi connectivity index (χ1) is 11.1. The summed E-state index contributed by atoms with van der Waals surface area (Å²) in [5.41, 5.74) is 9.12. The summed E-state index contributed by atoms with van der Waals surface area (Å²) in [5.74, 6) is -0.422. The second kappa shape index (κ2) is 7.91. The molecule has 0 spiro atoms. The van der Waals surface area contributed by atoms with Gasteiger partial charge >= 0.3 is 0 Å². The molecular weight excluding hydrogens is 304 g/mol. The minimum Gasteiger partial charge on any atom is -0.394 e. The highest BCUT2D eigenvalue weighted by molar-refractivity contribution is 5.94. The molecule has 0 bridgehead atoms. The van der Waals surface area contributed by atoms with Crippen molar-refractivity contribution in [2.75, 3.05) is 13.7 Å². The summed E-state index contributed by atoms with van der Waals surface area (Å²) in [6.07, 6.45) is -3.22. The number of carbonyl (C=O) groups excluding carboxylic acids is 1. The molecule has 124 valence electrons. The van der Waals surface area contributed by atoms with Crippen LogP contribution in [0, 0.1) is 0 Å². The molecule has 9 heteroatoms. The van der Waals surface area contributed by atoms with Crippen LogP contribution in [0.5, 0.6) is 0 Å². The number of methoxy groups -OCH3 is 1. The fourth-order valence-corrected chi connectivity index (χ4v) is 2.46. The van der Waals surface area contributed by atoms with Crippen LogP contribution >= 0.6 is 0 Å². The van der Waals surface area contributed by atoms with Crippen LogP contribution in [0.3, 0.4) is 0 Å². The molecule has 1 aliphatic rings. The Morgan fingerprint density at radius 2 is 2.17 bits per heavy atom. The van der Waals surface area contributed by atoms with Gasteiger partial charge in [0.1, 0.15) is 6.10 Å². The van der Waals surface area contributed by atoms with E-state index >= 15 is 0 Å². The molecule has 1 aliphatic heterocycles. The lowest BCUT2D eigenvalue weighted by molar-refractivity contribution is -0.236. The number of ether oxygens (including phenoxy) is 2. The van der Waals surface area contributed by atoms with Gasteiger partial charge in [0.15, 0.2) is 6.29 Å². The second-order valence-corrected chi connectivity index (χ2v) is 5.01. The third-order valence-corrected chi connectivity index (χ3v) is 3.63. The van der Waals surface area contributed by atoms with Crippen molar-refractivity contribution in [2.24, 2.45) is 5.11 Å². The highest BCUT2D eigenvalue weighted by atomic mass is 16.7. The molecule has 1 saturated heterocycles. The Balaban J connectivity index is 2.24. The summed E-state index contributed by atoms with van der Waals surface area (Å²) in [6, 6.07) is 6.50. The van der Waals surface area contributed by atoms with Crippen LogP contribution in [0.25, 0.3) is 10.4 Å². The fourth-order valence-electron chi connectivity index (χ4n) is 2.46. The maximum Gasteiger partial charge on any atom is 0.251 e. The Kier molecular flexibility index (Phi) is 5.91. The minimum atomic E-state index is -1.27. The number of hydrogen-bond donors (Lipinski definition) is 3. The van der Waals surface area contributed by atoms with Crippen molar-refractivity contribution >= 4 is 5.91 Å². The Morgan fingerprint density at radius 1 is 1.48 bits per heavy atom. The van der Waals surface area contributed by atoms with E-state index in [4.69, 9.17) is 15.0 Å². The van der Waals surface area contributed by atoms with E-state index in [9.17, 15) is 15.0 Å². The minimum absolute atomic E-state index is 0.404. The summed E-state index contributed by atoms with van der Waals surface area (Å²) in [5, 5.41) is 25.6. The molecule has 5 atom stereocenters. The molecule has 0 unspecified atom stereocenters. The maximum absolute atomic E-state index is 12.3. The van der Waals surface area contributed by atoms with Crippen molar-refractivity contribution in [2.45, 2.75) is 30.6 Å². The van der Waals surface area contributed by atoms with Gasteiger partial charge in [0.25, 0.3) is 5.91 Å². The highest BCUT2D eigenvalue weighted by Gasteiger charge is 2.45. The van der Waals surface area contributed by atoms with E-state index in [1.54, 1.807) is 30.3 Å². The number of aliphatic hydroxyl groups excluding tert-OH is 2. The van der Waals surface area contributed by atoms with E-state index in [0.29, 0.717) is 5.56 Å². The summed E-state index contributed by atoms with van der Waals surface area (Å²) in [6.45, 7) is -0.474. The van der Waals surface area contributed by atoms with E-state index in [1.165, 1.54) is 7.11 Å². The molecule has 1 fully saturated rings. The monoisotopic (exact) mass is 322 g/mol. The van der Waals surface area contributed by atoms with Gasteiger partial charge in [-0.2, -0.15) is 0 Å². The first kappa shape index (κ1) is 17.2. The molecule has 3 N–H and O–H groups in total. The Labute approximate surface area is 132 Å². The highest BCUT2D eigenvalue weighted by Crippen LogP contribution is 2.24. The van der Waals surface area contributed by atoms with Crippen LogP contribution < -0.4 is 5.32 Å². The molecule has 0 aromatic heterocycles. The predicted molar refractivity (Wildman–Crippen MR) is 79.4 cm³/mol. The molecule has 1 heterocycles. The van der Waals surface area contributed by atoms with E-state index in [2.05, 4.69) is 15.3 Å². The zero-order valence-corrected chi connectivity index (χ0v) is 12.4. The van der Waals surface area contributed by atoms with Crippen molar-refractivity contribution in [3.63, 3.8) is 0 Å². The molecule has 23 heavy (non-hydrogen) atoms. The summed E-state index contributed by atoms with van der Waals surface area (Å²) in [4.78, 5) is 15.0. The predicted octanol–water partition coefficient (Wildman–Crippen LogP) is 0.188. The largest absolute Gasteiger partial charge is 0.394 e. The van der Waals surface area contributed by atoms with Crippen LogP contribution in [0.4, 0.5) is 0 Å². The van der Waals surface area contributed by atoms with Crippen molar-refractivity contribution in [3.05, 3.63) is 46.3 Å². The maximum atomic E-state index is 12.3. The third kappa shape index (κ3) is 3.79. The summed E-state index contributed by atoms with van der Waals surface area (Å²) >= 11 is 0. The number of carbonyl (C=O) groups is 1. The average molecular weight is 322 g/mol. The van der Waals surface area contributed by atoms with Crippen LogP contribution in [0.15, 0.2) is 35.4 Å². The number of nitrogens with one attached hydrogen (secondary N) is 1. The molecule has 0 saturated carbocycles. The standard InChI is InChI=1S/C14H18N4O5/c1-22-14-11(16-13(21)8-5-3-2-4-6-8)10(17-18-15)12(20)9(7-19)23-14/h2-6,9-12,14,19-20H,7H2,1H3,(H,16,21)/t9-,10+,11+,12+,14-/m1/s1. The van der Waals surface area contributed by atoms with E-state index in [1.807, 2.05) is 0 Å². The zero-order valence-electron chi connectivity index (χ0n) is 12.4. The fraction of sp³-hybridized carbons (Fsp3) is 0.500. The SMILES string of the molecule is CO[C@@H]1O[C@H](CO)[C@H](O)[C@@H](N=[N+]=[N-])[C@@H]1NC(=O)c1ccccc1. The number of hydrogen-bond acceptors (Lipinski definition) is 6. The molecule has 1 aromatic rings. The van der Waals surface area contributed by atoms with Gasteiger partial charge in [0.05, 0.1) is 24.8 Å². The lowest BCUT2D eigenvalue weighted by Crippen LogP contribution is -2.63. The molecule has 0 radical (unpaired) electrons. The van der Waals surface area contributed by atoms with Gasteiger partial charge < -0.3 is 25.0 Å². The number of benzene rings is 1. The second-order valence-electron chi connectivity index (χ2n) is 5.01. The van der Waals surface area contributed by atoms with Crippen molar-refractivity contribution in [1.82, 2.24) is 5.32 Å². The topological polar surface area (TPSA) is 137 Å². The number of aliphatic hydroxyl groups is 2. The van der Waals surface area contributed by atoms with Crippen molar-refractivity contribution < 1.29 is 24.5 Å². The summed E-state index contributed by atoms with van der Waals surface area (Å²) < 4.78 is 10.6. The van der Waals surface area contributed by atoms with E-state index < -0.39 is 43.1 Å². The smallest absolute Gasteiger partial charge is 0.251 e. The van der Waals surface area contributed by atoms with Gasteiger partial charge in [-0.05, 0) is 17.7 Å². The Hall–Kier alpha value is -2.16. The van der Waals surface area contributed by atoms with Crippen LogP contribution in [0.2, 0.25) is 0 Å². The molecular formula is C14H18N4O5. The first-order valence-corrected chi connectivity index (χ1v) is 6.99. The van der Waals surface area contributed by atoms with Crippen molar-refractivity contribution in [1.29, 1.82) is 0 Å². The first-order valence-electron chi connectivity index (χ1n) is 6.99. The zero-order chi connectivity index (χ0) is 16.8. The molecule has 2 rings (SSSR count). The van der Waals surface area contributed by atoms with Gasteiger partial charge in [-0.15, -0.1) is 0 Å². The van der Waals surface area contributed by atoms with Crippen molar-refractivity contribution in [3.8, 4) is 0 Å². The van der Waals surface area contributed by atoms with Gasteiger partial charge in [0, 0.05) is 17.6 Å². The molecule has 1 amide bonds. The van der Waals surface area contributed by atoms with Gasteiger partial charge in [0.2, 0.25) is 0 Å². The molecule has 9 nitrogen and oxygen atoms in total. The molecule has 1 aromatic carbocycles. The van der Waals surface area contributed by atoms with Gasteiger partial charge in [-0.1, -0.05) is 23.3 Å². The third-order valence-electron chi connectivity index (χ3n) is 3.63. The normalized spacial score (nSPS) is 30.3. The van der Waals surface area contributed by atoms with Crippen LogP contribution in [0.1, 0.15) is 10.4 Å². The Morgan fingerprint density at radius 3 is 2.74 bits per heavy atom.